The Morgan fingerprint density at radius 1 is 0.898 bits per heavy atom. The topological polar surface area (TPSA) is 118 Å². The van der Waals surface area contributed by atoms with Crippen molar-refractivity contribution >= 4 is 29.0 Å². The lowest BCUT2D eigenvalue weighted by molar-refractivity contribution is -0.141. The van der Waals surface area contributed by atoms with Gasteiger partial charge in [0.15, 0.2) is 11.6 Å². The van der Waals surface area contributed by atoms with Crippen LogP contribution in [0.5, 0.6) is 5.75 Å². The highest BCUT2D eigenvalue weighted by Gasteiger charge is 2.27. The standard InChI is InChI=1S/C39H38FN3O5S/c1-24(38(46)47)43-37(45)28(19-33(44)34-16-17-35(49-34)39(2,3)4)18-25-10-12-27(13-11-25)36-41-21-29(22-42-36)31-15-14-30(20-32(31)40)48-23-26-8-6-5-7-9-26/h5-17,20-22,24,28H,18-19,23H2,1-4H3,(H,43,45)(H,46,47)/t24-,28-/m1/s1. The van der Waals surface area contributed by atoms with Gasteiger partial charge >= 0.3 is 5.97 Å². The van der Waals surface area contributed by atoms with Gasteiger partial charge in [-0.15, -0.1) is 11.3 Å². The number of Topliss-reactive ketones (excluding diaryl/α,β-unsaturated/α-hetero) is 1. The van der Waals surface area contributed by atoms with E-state index in [1.807, 2.05) is 60.7 Å². The van der Waals surface area contributed by atoms with E-state index in [1.54, 1.807) is 30.6 Å². The van der Waals surface area contributed by atoms with Crippen LogP contribution in [0.25, 0.3) is 22.5 Å². The van der Waals surface area contributed by atoms with Gasteiger partial charge in [-0.2, -0.15) is 0 Å². The van der Waals surface area contributed by atoms with Gasteiger partial charge in [0.25, 0.3) is 0 Å². The molecule has 5 rings (SSSR count). The lowest BCUT2D eigenvalue weighted by Crippen LogP contribution is -2.42. The van der Waals surface area contributed by atoms with Crippen LogP contribution in [0, 0.1) is 11.7 Å². The predicted molar refractivity (Wildman–Crippen MR) is 188 cm³/mol. The third kappa shape index (κ3) is 9.23. The summed E-state index contributed by atoms with van der Waals surface area (Å²) in [5.74, 6) is -2.19. The first-order valence-corrected chi connectivity index (χ1v) is 16.7. The number of carbonyl (C=O) groups excluding carboxylic acids is 2. The molecule has 252 valence electrons. The molecular weight excluding hydrogens is 642 g/mol. The number of halogens is 1. The zero-order chi connectivity index (χ0) is 35.1. The Labute approximate surface area is 289 Å². The van der Waals surface area contributed by atoms with Crippen LogP contribution in [0.3, 0.4) is 0 Å². The van der Waals surface area contributed by atoms with Crippen LogP contribution in [-0.2, 0) is 28.0 Å². The number of nitrogens with zero attached hydrogens (tertiary/aromatic N) is 2. The van der Waals surface area contributed by atoms with Gasteiger partial charge in [0.2, 0.25) is 5.91 Å². The molecule has 0 radical (unpaired) electrons. The molecule has 5 aromatic rings. The second-order valence-electron chi connectivity index (χ2n) is 12.9. The predicted octanol–water partition coefficient (Wildman–Crippen LogP) is 7.91. The number of rotatable bonds is 13. The van der Waals surface area contributed by atoms with Crippen LogP contribution >= 0.6 is 11.3 Å². The van der Waals surface area contributed by atoms with E-state index in [9.17, 15) is 19.5 Å². The molecule has 10 heteroatoms. The lowest BCUT2D eigenvalue weighted by atomic mass is 9.92. The van der Waals surface area contributed by atoms with Crippen molar-refractivity contribution in [3.05, 3.63) is 124 Å². The second kappa shape index (κ2) is 15.3. The van der Waals surface area contributed by atoms with E-state index in [1.165, 1.54) is 24.3 Å². The van der Waals surface area contributed by atoms with E-state index in [0.717, 1.165) is 16.0 Å². The number of nitrogens with one attached hydrogen (secondary N) is 1. The van der Waals surface area contributed by atoms with E-state index in [0.29, 0.717) is 39.7 Å². The average molecular weight is 680 g/mol. The minimum Gasteiger partial charge on any atom is -0.489 e. The number of benzene rings is 3. The van der Waals surface area contributed by atoms with Crippen molar-refractivity contribution in [2.24, 2.45) is 5.92 Å². The van der Waals surface area contributed by atoms with Gasteiger partial charge in [0.1, 0.15) is 24.2 Å². The number of ether oxygens (including phenoxy) is 1. The maximum atomic E-state index is 15.0. The van der Waals surface area contributed by atoms with E-state index in [4.69, 9.17) is 4.74 Å². The third-order valence-electron chi connectivity index (χ3n) is 8.00. The summed E-state index contributed by atoms with van der Waals surface area (Å²) in [6.45, 7) is 7.94. The number of hydrogen-bond donors (Lipinski definition) is 2. The summed E-state index contributed by atoms with van der Waals surface area (Å²) in [5.41, 5.74) is 3.24. The molecule has 2 N–H and O–H groups in total. The van der Waals surface area contributed by atoms with Crippen LogP contribution in [0.2, 0.25) is 0 Å². The Morgan fingerprint density at radius 3 is 2.20 bits per heavy atom. The molecule has 2 atom stereocenters. The molecule has 0 saturated heterocycles. The minimum absolute atomic E-state index is 0.0642. The molecule has 3 aromatic carbocycles. The van der Waals surface area contributed by atoms with Gasteiger partial charge in [0, 0.05) is 52.4 Å². The van der Waals surface area contributed by atoms with Gasteiger partial charge in [0.05, 0.1) is 4.88 Å². The van der Waals surface area contributed by atoms with Crippen LogP contribution in [0.1, 0.15) is 59.8 Å². The summed E-state index contributed by atoms with van der Waals surface area (Å²) in [7, 11) is 0. The Balaban J connectivity index is 1.26. The molecule has 0 unspecified atom stereocenters. The van der Waals surface area contributed by atoms with E-state index in [2.05, 4.69) is 36.1 Å². The molecule has 0 aliphatic heterocycles. The molecule has 0 aliphatic rings. The fraction of sp³-hybridized carbons (Fsp3) is 0.256. The van der Waals surface area contributed by atoms with Crippen molar-refractivity contribution in [1.29, 1.82) is 0 Å². The number of ketones is 1. The lowest BCUT2D eigenvalue weighted by Gasteiger charge is -2.18. The number of aromatic nitrogens is 2. The van der Waals surface area contributed by atoms with Crippen molar-refractivity contribution in [3.63, 3.8) is 0 Å². The molecule has 1 amide bonds. The Morgan fingerprint density at radius 2 is 1.59 bits per heavy atom. The smallest absolute Gasteiger partial charge is 0.325 e. The third-order valence-corrected chi connectivity index (χ3v) is 9.55. The molecule has 0 spiro atoms. The molecular formula is C39H38FN3O5S. The first-order valence-electron chi connectivity index (χ1n) is 15.9. The van der Waals surface area contributed by atoms with Crippen molar-refractivity contribution in [2.45, 2.75) is 58.6 Å². The zero-order valence-corrected chi connectivity index (χ0v) is 28.6. The fourth-order valence-corrected chi connectivity index (χ4v) is 6.13. The minimum atomic E-state index is -1.16. The van der Waals surface area contributed by atoms with Crippen LogP contribution in [-0.4, -0.2) is 38.8 Å². The quantitative estimate of drug-likeness (QED) is 0.121. The maximum Gasteiger partial charge on any atom is 0.325 e. The van der Waals surface area contributed by atoms with Gasteiger partial charge in [-0.3, -0.25) is 14.4 Å². The van der Waals surface area contributed by atoms with Crippen molar-refractivity contribution in [2.75, 3.05) is 0 Å². The Bertz CT molecular complexity index is 1920. The monoisotopic (exact) mass is 679 g/mol. The number of amides is 1. The number of carboxylic acid groups (broad SMARTS) is 1. The van der Waals surface area contributed by atoms with Gasteiger partial charge in [-0.1, -0.05) is 75.4 Å². The number of hydrogen-bond acceptors (Lipinski definition) is 7. The largest absolute Gasteiger partial charge is 0.489 e. The summed E-state index contributed by atoms with van der Waals surface area (Å²) < 4.78 is 20.7. The number of carboxylic acids is 1. The van der Waals surface area contributed by atoms with Gasteiger partial charge in [-0.25, -0.2) is 14.4 Å². The first kappa shape index (κ1) is 35.1. The number of thiophene rings is 1. The fourth-order valence-electron chi connectivity index (χ4n) is 5.12. The molecule has 0 fully saturated rings. The van der Waals surface area contributed by atoms with Crippen LogP contribution in [0.4, 0.5) is 4.39 Å². The Hall–Kier alpha value is -5.22. The highest BCUT2D eigenvalue weighted by atomic mass is 32.1. The number of carbonyl (C=O) groups is 3. The molecule has 2 heterocycles. The molecule has 0 aliphatic carbocycles. The summed E-state index contributed by atoms with van der Waals surface area (Å²) in [4.78, 5) is 48.4. The van der Waals surface area contributed by atoms with Crippen molar-refractivity contribution in [1.82, 2.24) is 15.3 Å². The summed E-state index contributed by atoms with van der Waals surface area (Å²) in [5, 5.41) is 11.8. The van der Waals surface area contributed by atoms with Crippen LogP contribution in [0.15, 0.2) is 97.3 Å². The average Bonchev–Trinajstić information content (AvgIpc) is 3.60. The molecule has 2 aromatic heterocycles. The summed E-state index contributed by atoms with van der Waals surface area (Å²) in [6, 6.07) is 24.2. The van der Waals surface area contributed by atoms with Gasteiger partial charge in [-0.05, 0) is 54.2 Å². The normalized spacial score (nSPS) is 12.6. The van der Waals surface area contributed by atoms with E-state index < -0.39 is 29.7 Å². The van der Waals surface area contributed by atoms with Gasteiger partial charge < -0.3 is 15.2 Å². The molecule has 0 bridgehead atoms. The molecule has 49 heavy (non-hydrogen) atoms. The SMILES string of the molecule is C[C@@H](NC(=O)[C@@H](CC(=O)c1ccc(C(C)(C)C)s1)Cc1ccc(-c2ncc(-c3ccc(OCc4ccccc4)cc3F)cn2)cc1)C(=O)O. The summed E-state index contributed by atoms with van der Waals surface area (Å²) in [6.07, 6.45) is 3.28. The maximum absolute atomic E-state index is 15.0. The van der Waals surface area contributed by atoms with Crippen molar-refractivity contribution in [3.8, 4) is 28.3 Å². The zero-order valence-electron chi connectivity index (χ0n) is 27.8. The molecule has 8 nitrogen and oxygen atoms in total. The highest BCUT2D eigenvalue weighted by Crippen LogP contribution is 2.31. The van der Waals surface area contributed by atoms with Crippen molar-refractivity contribution < 1.29 is 28.6 Å². The number of aliphatic carboxylic acids is 1. The summed E-state index contributed by atoms with van der Waals surface area (Å²) >= 11 is 1.41. The van der Waals surface area contributed by atoms with Crippen LogP contribution < -0.4 is 10.1 Å². The second-order valence-corrected chi connectivity index (χ2v) is 14.0. The molecule has 0 saturated carbocycles. The van der Waals surface area contributed by atoms with E-state index in [-0.39, 0.29) is 24.0 Å². The highest BCUT2D eigenvalue weighted by molar-refractivity contribution is 7.14. The Kier molecular flexibility index (Phi) is 11.0. The first-order chi connectivity index (χ1) is 23.4. The van der Waals surface area contributed by atoms with E-state index >= 15 is 4.39 Å².